The molecule has 0 aliphatic heterocycles. The van der Waals surface area contributed by atoms with Crippen LogP contribution in [0.25, 0.3) is 16.9 Å². The Morgan fingerprint density at radius 1 is 1.00 bits per heavy atom. The predicted molar refractivity (Wildman–Crippen MR) is 85.7 cm³/mol. The highest BCUT2D eigenvalue weighted by Crippen LogP contribution is 2.26. The highest BCUT2D eigenvalue weighted by atomic mass is 35.5. The fraction of sp³-hybridized carbons (Fsp3) is 0.125. The minimum Gasteiger partial charge on any atom is -0.382 e. The van der Waals surface area contributed by atoms with Crippen LogP contribution in [0.2, 0.25) is 5.02 Å². The van der Waals surface area contributed by atoms with Crippen LogP contribution in [0, 0.1) is 13.8 Å². The molecule has 3 rings (SSSR count). The summed E-state index contributed by atoms with van der Waals surface area (Å²) in [4.78, 5) is 0. The first-order valence-corrected chi connectivity index (χ1v) is 6.99. The van der Waals surface area contributed by atoms with E-state index in [0.717, 1.165) is 11.3 Å². The average Bonchev–Trinajstić information content (AvgIpc) is 2.85. The molecule has 3 aromatic rings. The van der Waals surface area contributed by atoms with Gasteiger partial charge in [0.25, 0.3) is 0 Å². The second-order valence-electron chi connectivity index (χ2n) is 5.01. The monoisotopic (exact) mass is 298 g/mol. The van der Waals surface area contributed by atoms with Gasteiger partial charge in [0.2, 0.25) is 0 Å². The van der Waals surface area contributed by atoms with Crippen molar-refractivity contribution in [3.05, 3.63) is 58.6 Å². The molecule has 0 aliphatic carbocycles. The van der Waals surface area contributed by atoms with Crippen molar-refractivity contribution in [2.24, 2.45) is 0 Å². The molecule has 106 valence electrons. The number of nitrogen functional groups attached to an aromatic ring is 1. The lowest BCUT2D eigenvalue weighted by molar-refractivity contribution is 0.809. The van der Waals surface area contributed by atoms with E-state index >= 15 is 0 Å². The van der Waals surface area contributed by atoms with E-state index in [1.54, 1.807) is 4.68 Å². The molecule has 0 bridgehead atoms. The van der Waals surface area contributed by atoms with Gasteiger partial charge in [0.1, 0.15) is 5.69 Å². The second kappa shape index (κ2) is 5.22. The molecule has 1 aromatic heterocycles. The van der Waals surface area contributed by atoms with Crippen molar-refractivity contribution in [3.8, 4) is 16.9 Å². The SMILES string of the molecule is Cc1ccc(-n2nnc(-c3ccc(Cl)cc3)c2N)cc1C. The maximum absolute atomic E-state index is 6.20. The number of nitrogens with two attached hydrogens (primary N) is 1. The van der Waals surface area contributed by atoms with Crippen molar-refractivity contribution in [2.75, 3.05) is 5.73 Å². The Hall–Kier alpha value is -2.33. The lowest BCUT2D eigenvalue weighted by atomic mass is 10.1. The minimum atomic E-state index is 0.514. The van der Waals surface area contributed by atoms with Gasteiger partial charge in [0, 0.05) is 10.6 Å². The average molecular weight is 299 g/mol. The number of rotatable bonds is 2. The van der Waals surface area contributed by atoms with Gasteiger partial charge >= 0.3 is 0 Å². The Morgan fingerprint density at radius 2 is 1.71 bits per heavy atom. The van der Waals surface area contributed by atoms with Crippen LogP contribution < -0.4 is 5.73 Å². The van der Waals surface area contributed by atoms with Crippen molar-refractivity contribution < 1.29 is 0 Å². The topological polar surface area (TPSA) is 56.7 Å². The summed E-state index contributed by atoms with van der Waals surface area (Å²) in [6, 6.07) is 13.5. The van der Waals surface area contributed by atoms with Crippen LogP contribution in [0.1, 0.15) is 11.1 Å². The number of nitrogens with zero attached hydrogens (tertiary/aromatic N) is 3. The van der Waals surface area contributed by atoms with Gasteiger partial charge in [0.05, 0.1) is 5.69 Å². The van der Waals surface area contributed by atoms with E-state index in [2.05, 4.69) is 24.2 Å². The van der Waals surface area contributed by atoms with Gasteiger partial charge in [-0.05, 0) is 49.2 Å². The summed E-state index contributed by atoms with van der Waals surface area (Å²) < 4.78 is 1.65. The van der Waals surface area contributed by atoms with Gasteiger partial charge in [0.15, 0.2) is 5.82 Å². The van der Waals surface area contributed by atoms with Crippen LogP contribution in [0.3, 0.4) is 0 Å². The summed E-state index contributed by atoms with van der Waals surface area (Å²) in [5.74, 6) is 0.514. The third-order valence-electron chi connectivity index (χ3n) is 3.56. The summed E-state index contributed by atoms with van der Waals surface area (Å²) >= 11 is 5.90. The van der Waals surface area contributed by atoms with E-state index in [9.17, 15) is 0 Å². The molecule has 0 fully saturated rings. The lowest BCUT2D eigenvalue weighted by Crippen LogP contribution is -2.03. The molecule has 2 aromatic carbocycles. The first-order valence-electron chi connectivity index (χ1n) is 6.61. The Labute approximate surface area is 128 Å². The molecule has 0 amide bonds. The van der Waals surface area contributed by atoms with E-state index in [1.807, 2.05) is 42.5 Å². The maximum atomic E-state index is 6.20. The Kier molecular flexibility index (Phi) is 3.39. The molecule has 2 N–H and O–H groups in total. The largest absolute Gasteiger partial charge is 0.382 e. The van der Waals surface area contributed by atoms with Crippen molar-refractivity contribution in [2.45, 2.75) is 13.8 Å². The van der Waals surface area contributed by atoms with E-state index in [4.69, 9.17) is 17.3 Å². The van der Waals surface area contributed by atoms with Gasteiger partial charge in [-0.3, -0.25) is 0 Å². The quantitative estimate of drug-likeness (QED) is 0.783. The number of hydrogen-bond donors (Lipinski definition) is 1. The standard InChI is InChI=1S/C16H15ClN4/c1-10-3-8-14(9-11(10)2)21-16(18)15(19-20-21)12-4-6-13(17)7-5-12/h3-9H,18H2,1-2H3. The molecule has 1 heterocycles. The highest BCUT2D eigenvalue weighted by molar-refractivity contribution is 6.30. The van der Waals surface area contributed by atoms with Gasteiger partial charge in [-0.25, -0.2) is 0 Å². The number of benzene rings is 2. The molecule has 0 atom stereocenters. The fourth-order valence-corrected chi connectivity index (χ4v) is 2.28. The first kappa shape index (κ1) is 13.6. The maximum Gasteiger partial charge on any atom is 0.155 e. The molecule has 0 radical (unpaired) electrons. The van der Waals surface area contributed by atoms with Crippen LogP contribution in [0.15, 0.2) is 42.5 Å². The van der Waals surface area contributed by atoms with Gasteiger partial charge < -0.3 is 5.73 Å². The van der Waals surface area contributed by atoms with Crippen LogP contribution in [-0.2, 0) is 0 Å². The zero-order chi connectivity index (χ0) is 15.0. The second-order valence-corrected chi connectivity index (χ2v) is 5.45. The summed E-state index contributed by atoms with van der Waals surface area (Å²) in [5.41, 5.74) is 11.1. The van der Waals surface area contributed by atoms with Crippen LogP contribution in [-0.4, -0.2) is 15.0 Å². The van der Waals surface area contributed by atoms with Gasteiger partial charge in [-0.1, -0.05) is 35.0 Å². The third-order valence-corrected chi connectivity index (χ3v) is 3.81. The summed E-state index contributed by atoms with van der Waals surface area (Å²) in [5, 5.41) is 9.03. The minimum absolute atomic E-state index is 0.514. The Balaban J connectivity index is 2.06. The number of aromatic nitrogens is 3. The lowest BCUT2D eigenvalue weighted by Gasteiger charge is -2.06. The van der Waals surface area contributed by atoms with Crippen molar-refractivity contribution in [1.82, 2.24) is 15.0 Å². The Morgan fingerprint density at radius 3 is 2.38 bits per heavy atom. The molecular weight excluding hydrogens is 284 g/mol. The predicted octanol–water partition coefficient (Wildman–Crippen LogP) is 3.79. The number of anilines is 1. The summed E-state index contributed by atoms with van der Waals surface area (Å²) in [7, 11) is 0. The molecule has 0 saturated heterocycles. The number of aryl methyl sites for hydroxylation is 2. The van der Waals surface area contributed by atoms with E-state index < -0.39 is 0 Å². The first-order chi connectivity index (χ1) is 10.1. The van der Waals surface area contributed by atoms with Crippen molar-refractivity contribution >= 4 is 17.4 Å². The fourth-order valence-electron chi connectivity index (χ4n) is 2.15. The molecule has 0 unspecified atom stereocenters. The Bertz CT molecular complexity index is 791. The highest BCUT2D eigenvalue weighted by Gasteiger charge is 2.13. The van der Waals surface area contributed by atoms with E-state index in [1.165, 1.54) is 11.1 Å². The van der Waals surface area contributed by atoms with E-state index in [-0.39, 0.29) is 0 Å². The summed E-state index contributed by atoms with van der Waals surface area (Å²) in [6.07, 6.45) is 0. The molecule has 0 aliphatic rings. The van der Waals surface area contributed by atoms with Crippen molar-refractivity contribution in [1.29, 1.82) is 0 Å². The molecule has 0 saturated carbocycles. The smallest absolute Gasteiger partial charge is 0.155 e. The zero-order valence-corrected chi connectivity index (χ0v) is 12.6. The molecule has 0 spiro atoms. The molecular formula is C16H15ClN4. The third kappa shape index (κ3) is 2.50. The number of halogens is 1. The summed E-state index contributed by atoms with van der Waals surface area (Å²) in [6.45, 7) is 4.13. The van der Waals surface area contributed by atoms with E-state index in [0.29, 0.717) is 16.5 Å². The molecule has 21 heavy (non-hydrogen) atoms. The van der Waals surface area contributed by atoms with Gasteiger partial charge in [-0.15, -0.1) is 5.10 Å². The van der Waals surface area contributed by atoms with Crippen LogP contribution >= 0.6 is 11.6 Å². The van der Waals surface area contributed by atoms with Crippen LogP contribution in [0.4, 0.5) is 5.82 Å². The van der Waals surface area contributed by atoms with Crippen molar-refractivity contribution in [3.63, 3.8) is 0 Å². The van der Waals surface area contributed by atoms with Crippen LogP contribution in [0.5, 0.6) is 0 Å². The zero-order valence-electron chi connectivity index (χ0n) is 11.8. The molecule has 5 heteroatoms. The normalized spacial score (nSPS) is 10.8. The van der Waals surface area contributed by atoms with Gasteiger partial charge in [-0.2, -0.15) is 4.68 Å². The number of hydrogen-bond acceptors (Lipinski definition) is 3. The molecule has 4 nitrogen and oxygen atoms in total.